The predicted octanol–water partition coefficient (Wildman–Crippen LogP) is 3.25. The van der Waals surface area contributed by atoms with E-state index in [-0.39, 0.29) is 11.8 Å². The van der Waals surface area contributed by atoms with E-state index in [1.54, 1.807) is 5.38 Å². The van der Waals surface area contributed by atoms with Crippen LogP contribution in [0.3, 0.4) is 0 Å². The maximum absolute atomic E-state index is 12.7. The highest BCUT2D eigenvalue weighted by Gasteiger charge is 2.26. The minimum Gasteiger partial charge on any atom is -0.464 e. The van der Waals surface area contributed by atoms with Crippen molar-refractivity contribution >= 4 is 23.2 Å². The SMILES string of the molecule is CCCN(Cc1nc(C(=O)OC)cs1)C(=O)C1CCCCC1. The Kier molecular flexibility index (Phi) is 6.36. The standard InChI is InChI=1S/C16H24N2O3S/c1-3-9-18(15(19)12-7-5-4-6-8-12)10-14-17-13(11-22-14)16(20)21-2/h11-12H,3-10H2,1-2H3. The number of carbonyl (C=O) groups is 2. The molecular formula is C16H24N2O3S. The number of hydrogen-bond donors (Lipinski definition) is 0. The number of nitrogens with zero attached hydrogens (tertiary/aromatic N) is 2. The number of rotatable bonds is 6. The fourth-order valence-corrected chi connectivity index (χ4v) is 3.67. The van der Waals surface area contributed by atoms with Crippen molar-refractivity contribution in [2.45, 2.75) is 52.0 Å². The molecule has 6 heteroatoms. The van der Waals surface area contributed by atoms with Crippen molar-refractivity contribution in [3.63, 3.8) is 0 Å². The molecule has 1 fully saturated rings. The van der Waals surface area contributed by atoms with Crippen molar-refractivity contribution in [3.8, 4) is 0 Å². The van der Waals surface area contributed by atoms with Gasteiger partial charge in [-0.15, -0.1) is 11.3 Å². The number of carbonyl (C=O) groups excluding carboxylic acids is 2. The smallest absolute Gasteiger partial charge is 0.357 e. The van der Waals surface area contributed by atoms with Gasteiger partial charge in [0.05, 0.1) is 13.7 Å². The average molecular weight is 324 g/mol. The van der Waals surface area contributed by atoms with Crippen molar-refractivity contribution < 1.29 is 14.3 Å². The fourth-order valence-electron chi connectivity index (χ4n) is 2.89. The quantitative estimate of drug-likeness (QED) is 0.754. The molecule has 0 N–H and O–H groups in total. The summed E-state index contributed by atoms with van der Waals surface area (Å²) in [6, 6.07) is 0. The Morgan fingerprint density at radius 1 is 1.36 bits per heavy atom. The van der Waals surface area contributed by atoms with Gasteiger partial charge in [0.15, 0.2) is 5.69 Å². The zero-order valence-electron chi connectivity index (χ0n) is 13.3. The van der Waals surface area contributed by atoms with E-state index in [0.717, 1.165) is 43.7 Å². The third-order valence-electron chi connectivity index (χ3n) is 4.03. The van der Waals surface area contributed by atoms with Crippen LogP contribution in [0.2, 0.25) is 0 Å². The highest BCUT2D eigenvalue weighted by atomic mass is 32.1. The lowest BCUT2D eigenvalue weighted by atomic mass is 9.88. The molecule has 0 unspecified atom stereocenters. The van der Waals surface area contributed by atoms with E-state index in [1.165, 1.54) is 24.9 Å². The summed E-state index contributed by atoms with van der Waals surface area (Å²) in [5, 5.41) is 2.48. The van der Waals surface area contributed by atoms with E-state index in [9.17, 15) is 9.59 Å². The fraction of sp³-hybridized carbons (Fsp3) is 0.688. The number of aromatic nitrogens is 1. The normalized spacial score (nSPS) is 15.5. The van der Waals surface area contributed by atoms with Crippen molar-refractivity contribution in [1.29, 1.82) is 0 Å². The summed E-state index contributed by atoms with van der Waals surface area (Å²) < 4.78 is 4.67. The summed E-state index contributed by atoms with van der Waals surface area (Å²) in [5.41, 5.74) is 0.323. The van der Waals surface area contributed by atoms with Gasteiger partial charge in [-0.1, -0.05) is 26.2 Å². The number of thiazole rings is 1. The maximum atomic E-state index is 12.7. The van der Waals surface area contributed by atoms with Crippen LogP contribution in [0.1, 0.15) is 60.9 Å². The Labute approximate surface area is 135 Å². The van der Waals surface area contributed by atoms with Gasteiger partial charge in [0, 0.05) is 17.8 Å². The average Bonchev–Trinajstić information content (AvgIpc) is 3.02. The molecular weight excluding hydrogens is 300 g/mol. The molecule has 0 saturated heterocycles. The molecule has 0 aromatic carbocycles. The molecule has 5 nitrogen and oxygen atoms in total. The van der Waals surface area contributed by atoms with E-state index >= 15 is 0 Å². The second kappa shape index (κ2) is 8.27. The lowest BCUT2D eigenvalue weighted by molar-refractivity contribution is -0.137. The van der Waals surface area contributed by atoms with Gasteiger partial charge >= 0.3 is 5.97 Å². The van der Waals surface area contributed by atoms with Gasteiger partial charge in [-0.05, 0) is 19.3 Å². The van der Waals surface area contributed by atoms with E-state index < -0.39 is 5.97 Å². The molecule has 22 heavy (non-hydrogen) atoms. The van der Waals surface area contributed by atoms with Crippen molar-refractivity contribution in [2.24, 2.45) is 5.92 Å². The third kappa shape index (κ3) is 4.29. The Bertz CT molecular complexity index is 509. The summed E-state index contributed by atoms with van der Waals surface area (Å²) in [4.78, 5) is 30.3. The highest BCUT2D eigenvalue weighted by molar-refractivity contribution is 7.09. The van der Waals surface area contributed by atoms with Gasteiger partial charge in [-0.2, -0.15) is 0 Å². The van der Waals surface area contributed by atoms with E-state index in [1.807, 2.05) is 4.90 Å². The van der Waals surface area contributed by atoms with Crippen LogP contribution < -0.4 is 0 Å². The van der Waals surface area contributed by atoms with Crippen LogP contribution in [0.4, 0.5) is 0 Å². The lowest BCUT2D eigenvalue weighted by Crippen LogP contribution is -2.37. The van der Waals surface area contributed by atoms with Gasteiger partial charge in [-0.25, -0.2) is 9.78 Å². The zero-order valence-corrected chi connectivity index (χ0v) is 14.2. The lowest BCUT2D eigenvalue weighted by Gasteiger charge is -2.28. The molecule has 0 atom stereocenters. The monoisotopic (exact) mass is 324 g/mol. The minimum absolute atomic E-state index is 0.167. The summed E-state index contributed by atoms with van der Waals surface area (Å²) in [6.45, 7) is 3.30. The Hall–Kier alpha value is -1.43. The Morgan fingerprint density at radius 3 is 2.73 bits per heavy atom. The van der Waals surface area contributed by atoms with E-state index in [4.69, 9.17) is 0 Å². The van der Waals surface area contributed by atoms with Crippen LogP contribution >= 0.6 is 11.3 Å². The number of hydrogen-bond acceptors (Lipinski definition) is 5. The van der Waals surface area contributed by atoms with Gasteiger partial charge in [0.25, 0.3) is 0 Å². The third-order valence-corrected chi connectivity index (χ3v) is 4.87. The van der Waals surface area contributed by atoms with Crippen LogP contribution in [0.5, 0.6) is 0 Å². The van der Waals surface area contributed by atoms with Crippen LogP contribution in [-0.2, 0) is 16.1 Å². The van der Waals surface area contributed by atoms with Crippen LogP contribution in [-0.4, -0.2) is 35.4 Å². The molecule has 1 aromatic heterocycles. The van der Waals surface area contributed by atoms with Crippen molar-refractivity contribution in [3.05, 3.63) is 16.1 Å². The first-order valence-corrected chi connectivity index (χ1v) is 8.85. The minimum atomic E-state index is -0.428. The molecule has 1 heterocycles. The molecule has 1 aromatic rings. The number of methoxy groups -OCH3 is 1. The van der Waals surface area contributed by atoms with Crippen LogP contribution in [0, 0.1) is 5.92 Å². The first-order valence-electron chi connectivity index (χ1n) is 7.97. The molecule has 1 saturated carbocycles. The molecule has 0 bridgehead atoms. The second-order valence-corrected chi connectivity index (χ2v) is 6.66. The highest BCUT2D eigenvalue weighted by Crippen LogP contribution is 2.26. The van der Waals surface area contributed by atoms with Gasteiger partial charge in [0.1, 0.15) is 5.01 Å². The number of amides is 1. The summed E-state index contributed by atoms with van der Waals surface area (Å²) in [7, 11) is 1.34. The predicted molar refractivity (Wildman–Crippen MR) is 85.7 cm³/mol. The van der Waals surface area contributed by atoms with Crippen molar-refractivity contribution in [2.75, 3.05) is 13.7 Å². The largest absolute Gasteiger partial charge is 0.464 e. The second-order valence-electron chi connectivity index (χ2n) is 5.71. The summed E-state index contributed by atoms with van der Waals surface area (Å²) >= 11 is 1.41. The maximum Gasteiger partial charge on any atom is 0.357 e. The summed E-state index contributed by atoms with van der Waals surface area (Å²) in [5.74, 6) is -0.0140. The van der Waals surface area contributed by atoms with Gasteiger partial charge in [-0.3, -0.25) is 4.79 Å². The van der Waals surface area contributed by atoms with Crippen LogP contribution in [0.15, 0.2) is 5.38 Å². The van der Waals surface area contributed by atoms with Crippen molar-refractivity contribution in [1.82, 2.24) is 9.88 Å². The van der Waals surface area contributed by atoms with Gasteiger partial charge in [0.2, 0.25) is 5.91 Å². The Balaban J connectivity index is 2.02. The molecule has 0 spiro atoms. The molecule has 0 aliphatic heterocycles. The molecule has 0 radical (unpaired) electrons. The topological polar surface area (TPSA) is 59.5 Å². The molecule has 1 amide bonds. The van der Waals surface area contributed by atoms with Gasteiger partial charge < -0.3 is 9.64 Å². The first-order chi connectivity index (χ1) is 10.7. The molecule has 1 aliphatic carbocycles. The summed E-state index contributed by atoms with van der Waals surface area (Å²) in [6.07, 6.45) is 6.48. The number of ether oxygens (including phenoxy) is 1. The number of esters is 1. The zero-order chi connectivity index (χ0) is 15.9. The molecule has 1 aliphatic rings. The molecule has 2 rings (SSSR count). The first kappa shape index (κ1) is 16.9. The molecule has 122 valence electrons. The van der Waals surface area contributed by atoms with E-state index in [0.29, 0.717) is 12.2 Å². The van der Waals surface area contributed by atoms with E-state index in [2.05, 4.69) is 16.6 Å². The van der Waals surface area contributed by atoms with Crippen LogP contribution in [0.25, 0.3) is 0 Å². The Morgan fingerprint density at radius 2 is 2.09 bits per heavy atom.